The Kier molecular flexibility index (Phi) is 9.93. The molecule has 2 N–H and O–H groups in total. The smallest absolute Gasteiger partial charge is 0.205 e. The lowest BCUT2D eigenvalue weighted by atomic mass is 10.0. The summed E-state index contributed by atoms with van der Waals surface area (Å²) in [7, 11) is 4.29. The molecule has 0 radical (unpaired) electrons. The number of methoxy groups -OCH3 is 3. The molecular formula is C30H36O10. The van der Waals surface area contributed by atoms with Crippen LogP contribution in [-0.4, -0.2) is 49.2 Å². The van der Waals surface area contributed by atoms with E-state index in [1.165, 1.54) is 47.7 Å². The summed E-state index contributed by atoms with van der Waals surface area (Å²) in [5.74, 6) is -0.0524. The van der Waals surface area contributed by atoms with E-state index in [0.29, 0.717) is 33.4 Å². The van der Waals surface area contributed by atoms with Gasteiger partial charge >= 0.3 is 0 Å². The second kappa shape index (κ2) is 13.1. The first kappa shape index (κ1) is 30.2. The second-order valence-corrected chi connectivity index (χ2v) is 8.84. The van der Waals surface area contributed by atoms with Crippen molar-refractivity contribution in [3.05, 3.63) is 35.8 Å². The number of aromatic hydroxyl groups is 2. The molecule has 2 aromatic carbocycles. The highest BCUT2D eigenvalue weighted by Gasteiger charge is 2.28. The fourth-order valence-corrected chi connectivity index (χ4v) is 4.80. The number of rotatable bonds is 7. The molecule has 0 amide bonds. The summed E-state index contributed by atoms with van der Waals surface area (Å²) in [5.41, 5.74) is 1.01. The minimum absolute atomic E-state index is 0.0532. The van der Waals surface area contributed by atoms with Crippen molar-refractivity contribution in [1.29, 1.82) is 0 Å². The highest BCUT2D eigenvalue weighted by Crippen LogP contribution is 2.47. The van der Waals surface area contributed by atoms with E-state index in [2.05, 4.69) is 0 Å². The van der Waals surface area contributed by atoms with E-state index < -0.39 is 0 Å². The summed E-state index contributed by atoms with van der Waals surface area (Å²) >= 11 is 0. The Morgan fingerprint density at radius 3 is 1.52 bits per heavy atom. The van der Waals surface area contributed by atoms with Crippen LogP contribution in [-0.2, 0) is 0 Å². The van der Waals surface area contributed by atoms with Gasteiger partial charge in [-0.1, -0.05) is 13.8 Å². The van der Waals surface area contributed by atoms with E-state index in [1.54, 1.807) is 12.1 Å². The molecule has 2 heterocycles. The Balaban J connectivity index is 0.000000212. The standard InChI is InChI=1S/C16H18O5.C12H12O5.C2H6/c1-9(17)12-13(18)16(21-10-5-3-4-6-10)15-11(7-8-20-15)14(12)19-2;1-6(13)8-9(14)12(16-3)11-7(4-5-17-11)10(8)15-2;1-2/h7-8,10,18H,3-6H2,1-2H3;4-5,14H,1-3H3;1-2H3. The zero-order valence-corrected chi connectivity index (χ0v) is 23.9. The lowest BCUT2D eigenvalue weighted by Gasteiger charge is -2.17. The number of carbonyl (C=O) groups is 2. The molecule has 0 spiro atoms. The number of furan rings is 2. The molecule has 40 heavy (non-hydrogen) atoms. The van der Waals surface area contributed by atoms with Gasteiger partial charge in [-0.25, -0.2) is 0 Å². The van der Waals surface area contributed by atoms with Crippen LogP contribution >= 0.6 is 0 Å². The van der Waals surface area contributed by atoms with Crippen LogP contribution in [0.1, 0.15) is 74.1 Å². The van der Waals surface area contributed by atoms with Gasteiger partial charge in [-0.05, 0) is 51.7 Å². The van der Waals surface area contributed by atoms with Gasteiger partial charge in [0, 0.05) is 0 Å². The molecule has 4 aromatic rings. The van der Waals surface area contributed by atoms with E-state index in [1.807, 2.05) is 13.8 Å². The first-order valence-electron chi connectivity index (χ1n) is 13.1. The van der Waals surface area contributed by atoms with Crippen LogP contribution in [0.5, 0.6) is 34.5 Å². The largest absolute Gasteiger partial charge is 0.504 e. The van der Waals surface area contributed by atoms with Gasteiger partial charge in [0.05, 0.1) is 50.7 Å². The van der Waals surface area contributed by atoms with Crippen molar-refractivity contribution in [3.63, 3.8) is 0 Å². The zero-order chi connectivity index (χ0) is 29.6. The van der Waals surface area contributed by atoms with Crippen LogP contribution in [0.4, 0.5) is 0 Å². The van der Waals surface area contributed by atoms with Gasteiger partial charge < -0.3 is 38.0 Å². The Morgan fingerprint density at radius 1 is 0.725 bits per heavy atom. The van der Waals surface area contributed by atoms with Gasteiger partial charge in [-0.3, -0.25) is 9.59 Å². The summed E-state index contributed by atoms with van der Waals surface area (Å²) in [6.07, 6.45) is 7.12. The van der Waals surface area contributed by atoms with E-state index in [0.717, 1.165) is 25.7 Å². The number of ether oxygens (including phenoxy) is 4. The molecule has 2 aromatic heterocycles. The van der Waals surface area contributed by atoms with E-state index in [4.69, 9.17) is 27.8 Å². The number of benzene rings is 2. The molecule has 10 nitrogen and oxygen atoms in total. The van der Waals surface area contributed by atoms with E-state index in [9.17, 15) is 19.8 Å². The van der Waals surface area contributed by atoms with Crippen LogP contribution < -0.4 is 18.9 Å². The normalized spacial score (nSPS) is 12.8. The highest BCUT2D eigenvalue weighted by molar-refractivity contribution is 6.09. The van der Waals surface area contributed by atoms with Crippen LogP contribution in [0.25, 0.3) is 21.9 Å². The number of Topliss-reactive ketones (excluding diaryl/α,β-unsaturated/α-hetero) is 2. The Labute approximate surface area is 232 Å². The average molecular weight is 557 g/mol. The second-order valence-electron chi connectivity index (χ2n) is 8.84. The molecule has 0 bridgehead atoms. The number of fused-ring (bicyclic) bond motifs is 2. The Morgan fingerprint density at radius 2 is 1.12 bits per heavy atom. The van der Waals surface area contributed by atoms with Crippen LogP contribution in [0.3, 0.4) is 0 Å². The van der Waals surface area contributed by atoms with Gasteiger partial charge in [0.15, 0.2) is 34.2 Å². The molecule has 1 saturated carbocycles. The van der Waals surface area contributed by atoms with Crippen molar-refractivity contribution in [2.75, 3.05) is 21.3 Å². The molecule has 10 heteroatoms. The molecular weight excluding hydrogens is 520 g/mol. The van der Waals surface area contributed by atoms with Crippen LogP contribution in [0.2, 0.25) is 0 Å². The Hall–Kier alpha value is -4.34. The van der Waals surface area contributed by atoms with Crippen molar-refractivity contribution in [3.8, 4) is 34.5 Å². The summed E-state index contributed by atoms with van der Waals surface area (Å²) in [5, 5.41) is 21.7. The summed E-state index contributed by atoms with van der Waals surface area (Å²) in [6.45, 7) is 6.74. The summed E-state index contributed by atoms with van der Waals surface area (Å²) in [4.78, 5) is 23.4. The lowest BCUT2D eigenvalue weighted by Crippen LogP contribution is -2.12. The van der Waals surface area contributed by atoms with Crippen LogP contribution in [0.15, 0.2) is 33.5 Å². The molecule has 0 unspecified atom stereocenters. The van der Waals surface area contributed by atoms with Crippen molar-refractivity contribution in [2.24, 2.45) is 0 Å². The maximum atomic E-state index is 11.9. The van der Waals surface area contributed by atoms with Gasteiger partial charge in [0.25, 0.3) is 0 Å². The SMILES string of the molecule is CC.COc1c(C(C)=O)c(O)c(OC)c2occc12.COc1c(C(C)=O)c(O)c(OC2CCCC2)c2occc12. The van der Waals surface area contributed by atoms with Gasteiger partial charge in [-0.2, -0.15) is 0 Å². The predicted octanol–water partition coefficient (Wildman–Crippen LogP) is 7.06. The predicted molar refractivity (Wildman–Crippen MR) is 150 cm³/mol. The third kappa shape index (κ3) is 5.52. The van der Waals surface area contributed by atoms with Gasteiger partial charge in [-0.15, -0.1) is 0 Å². The Bertz CT molecular complexity index is 1490. The number of carbonyl (C=O) groups excluding carboxylic acids is 2. The van der Waals surface area contributed by atoms with Crippen molar-refractivity contribution >= 4 is 33.5 Å². The maximum Gasteiger partial charge on any atom is 0.205 e. The number of hydrogen-bond donors (Lipinski definition) is 2. The molecule has 216 valence electrons. The molecule has 1 fully saturated rings. The fourth-order valence-electron chi connectivity index (χ4n) is 4.80. The van der Waals surface area contributed by atoms with Crippen molar-refractivity contribution in [2.45, 2.75) is 59.5 Å². The first-order valence-corrected chi connectivity index (χ1v) is 13.1. The zero-order valence-electron chi connectivity index (χ0n) is 23.9. The number of hydrogen-bond acceptors (Lipinski definition) is 10. The average Bonchev–Trinajstić information content (AvgIpc) is 3.72. The molecule has 0 aliphatic heterocycles. The molecule has 1 aliphatic carbocycles. The highest BCUT2D eigenvalue weighted by atomic mass is 16.5. The number of ketones is 2. The van der Waals surface area contributed by atoms with Crippen molar-refractivity contribution in [1.82, 2.24) is 0 Å². The molecule has 1 aliphatic rings. The first-order chi connectivity index (χ1) is 19.2. The number of phenolic OH excluding ortho intramolecular Hbond substituents is 2. The maximum absolute atomic E-state index is 11.9. The van der Waals surface area contributed by atoms with Crippen LogP contribution in [0, 0.1) is 0 Å². The monoisotopic (exact) mass is 556 g/mol. The molecule has 0 saturated heterocycles. The summed E-state index contributed by atoms with van der Waals surface area (Å²) in [6, 6.07) is 3.37. The van der Waals surface area contributed by atoms with E-state index in [-0.39, 0.29) is 51.8 Å². The van der Waals surface area contributed by atoms with Gasteiger partial charge in [0.1, 0.15) is 22.6 Å². The van der Waals surface area contributed by atoms with E-state index >= 15 is 0 Å². The van der Waals surface area contributed by atoms with Crippen molar-refractivity contribution < 1.29 is 47.6 Å². The lowest BCUT2D eigenvalue weighted by molar-refractivity contribution is 0.0998. The minimum Gasteiger partial charge on any atom is -0.504 e. The minimum atomic E-state index is -0.305. The third-order valence-electron chi connectivity index (χ3n) is 6.49. The summed E-state index contributed by atoms with van der Waals surface area (Å²) < 4.78 is 32.1. The fraction of sp³-hybridized carbons (Fsp3) is 0.400. The molecule has 5 rings (SSSR count). The topological polar surface area (TPSA) is 138 Å². The molecule has 0 atom stereocenters. The number of phenols is 2. The quantitative estimate of drug-likeness (QED) is 0.228. The van der Waals surface area contributed by atoms with Gasteiger partial charge in [0.2, 0.25) is 11.5 Å². The third-order valence-corrected chi connectivity index (χ3v) is 6.49.